The number of aromatic hydroxyl groups is 1. The van der Waals surface area contributed by atoms with Crippen molar-refractivity contribution in [3.05, 3.63) is 59.1 Å². The third kappa shape index (κ3) is 2.55. The summed E-state index contributed by atoms with van der Waals surface area (Å²) in [4.78, 5) is 5.76. The van der Waals surface area contributed by atoms with E-state index in [9.17, 15) is 5.11 Å². The molecule has 4 aromatic rings. The number of hydrogen-bond acceptors (Lipinski definition) is 4. The monoisotopic (exact) mass is 330 g/mol. The summed E-state index contributed by atoms with van der Waals surface area (Å²) in [7, 11) is 0. The molecule has 2 N–H and O–H groups in total. The van der Waals surface area contributed by atoms with Gasteiger partial charge in [0, 0.05) is 44.2 Å². The Labute approximate surface area is 143 Å². The van der Waals surface area contributed by atoms with Gasteiger partial charge in [0.05, 0.1) is 5.52 Å². The fourth-order valence-electron chi connectivity index (χ4n) is 2.84. The number of thiophene rings is 1. The average molecular weight is 330 g/mol. The van der Waals surface area contributed by atoms with Gasteiger partial charge in [0.2, 0.25) is 0 Å². The van der Waals surface area contributed by atoms with Crippen LogP contribution in [0.25, 0.3) is 21.0 Å². The number of terminal acetylenes is 1. The van der Waals surface area contributed by atoms with E-state index in [0.717, 1.165) is 22.3 Å². The maximum absolute atomic E-state index is 9.81. The van der Waals surface area contributed by atoms with Gasteiger partial charge in [0.15, 0.2) is 0 Å². The van der Waals surface area contributed by atoms with Gasteiger partial charge in [-0.2, -0.15) is 0 Å². The van der Waals surface area contributed by atoms with Crippen LogP contribution in [-0.4, -0.2) is 10.1 Å². The van der Waals surface area contributed by atoms with E-state index in [4.69, 9.17) is 6.42 Å². The number of rotatable bonds is 2. The van der Waals surface area contributed by atoms with E-state index >= 15 is 0 Å². The highest BCUT2D eigenvalue weighted by Gasteiger charge is 2.07. The minimum atomic E-state index is 0.141. The van der Waals surface area contributed by atoms with E-state index in [0.29, 0.717) is 5.56 Å². The van der Waals surface area contributed by atoms with Gasteiger partial charge in [-0.3, -0.25) is 4.98 Å². The predicted octanol–water partition coefficient (Wildman–Crippen LogP) is 5.19. The summed E-state index contributed by atoms with van der Waals surface area (Å²) in [6, 6.07) is 13.4. The van der Waals surface area contributed by atoms with Crippen molar-refractivity contribution < 1.29 is 5.11 Å². The van der Waals surface area contributed by atoms with Crippen molar-refractivity contribution in [3.63, 3.8) is 0 Å². The average Bonchev–Trinajstić information content (AvgIpc) is 2.91. The van der Waals surface area contributed by atoms with E-state index in [2.05, 4.69) is 41.3 Å². The van der Waals surface area contributed by atoms with Crippen molar-refractivity contribution in [2.45, 2.75) is 6.92 Å². The Balaban J connectivity index is 1.86. The molecule has 116 valence electrons. The highest BCUT2D eigenvalue weighted by molar-refractivity contribution is 7.19. The first kappa shape index (κ1) is 14.6. The van der Waals surface area contributed by atoms with E-state index < -0.39 is 0 Å². The molecule has 0 aliphatic heterocycles. The summed E-state index contributed by atoms with van der Waals surface area (Å²) in [6.45, 7) is 2.11. The molecule has 0 unspecified atom stereocenters. The zero-order chi connectivity index (χ0) is 16.7. The van der Waals surface area contributed by atoms with Crippen molar-refractivity contribution in [1.29, 1.82) is 0 Å². The van der Waals surface area contributed by atoms with E-state index in [-0.39, 0.29) is 5.75 Å². The van der Waals surface area contributed by atoms with Crippen LogP contribution in [0, 0.1) is 19.3 Å². The molecule has 4 rings (SSSR count). The van der Waals surface area contributed by atoms with Gasteiger partial charge in [0.25, 0.3) is 0 Å². The van der Waals surface area contributed by atoms with E-state index in [1.54, 1.807) is 29.7 Å². The molecule has 0 bridgehead atoms. The zero-order valence-corrected chi connectivity index (χ0v) is 13.8. The second kappa shape index (κ2) is 5.55. The molecule has 2 aromatic carbocycles. The highest BCUT2D eigenvalue weighted by atomic mass is 32.1. The third-order valence-electron chi connectivity index (χ3n) is 3.87. The number of phenolic OH excluding ortho intramolecular Hbond substituents is 1. The summed E-state index contributed by atoms with van der Waals surface area (Å²) in [5.41, 5.74) is 3.24. The molecule has 0 aliphatic carbocycles. The number of nitrogens with one attached hydrogen (secondary N) is 1. The van der Waals surface area contributed by atoms with Crippen molar-refractivity contribution in [1.82, 2.24) is 4.98 Å². The highest BCUT2D eigenvalue weighted by Crippen LogP contribution is 2.33. The maximum Gasteiger partial charge on any atom is 0.118 e. The molecule has 0 saturated heterocycles. The number of fused-ring (bicyclic) bond motifs is 2. The number of pyridine rings is 1. The Morgan fingerprint density at radius 3 is 2.88 bits per heavy atom. The van der Waals surface area contributed by atoms with Crippen molar-refractivity contribution >= 4 is 43.7 Å². The molecule has 3 nitrogen and oxygen atoms in total. The van der Waals surface area contributed by atoms with Crippen LogP contribution in [0.15, 0.2) is 48.7 Å². The van der Waals surface area contributed by atoms with Crippen LogP contribution in [0.3, 0.4) is 0 Å². The maximum atomic E-state index is 9.81. The molecule has 0 amide bonds. The predicted molar refractivity (Wildman–Crippen MR) is 101 cm³/mol. The van der Waals surface area contributed by atoms with Gasteiger partial charge >= 0.3 is 0 Å². The van der Waals surface area contributed by atoms with Crippen LogP contribution in [0.4, 0.5) is 11.4 Å². The minimum Gasteiger partial charge on any atom is -0.508 e. The second-order valence-electron chi connectivity index (χ2n) is 5.66. The molecule has 0 radical (unpaired) electrons. The fraction of sp³-hybridized carbons (Fsp3) is 0.0500. The number of hydrogen-bond donors (Lipinski definition) is 2. The largest absolute Gasteiger partial charge is 0.508 e. The summed E-state index contributed by atoms with van der Waals surface area (Å²) in [5, 5.41) is 15.4. The topological polar surface area (TPSA) is 45.1 Å². The van der Waals surface area contributed by atoms with Crippen LogP contribution in [-0.2, 0) is 0 Å². The lowest BCUT2D eigenvalue weighted by molar-refractivity contribution is 0.475. The molecule has 4 heteroatoms. The normalized spacial score (nSPS) is 10.8. The van der Waals surface area contributed by atoms with Crippen molar-refractivity contribution in [3.8, 4) is 18.1 Å². The molecular formula is C20H14N2OS. The molecule has 2 aromatic heterocycles. The van der Waals surface area contributed by atoms with Gasteiger partial charge in [-0.15, -0.1) is 17.8 Å². The number of benzene rings is 2. The van der Waals surface area contributed by atoms with Gasteiger partial charge < -0.3 is 10.4 Å². The van der Waals surface area contributed by atoms with Crippen LogP contribution >= 0.6 is 11.3 Å². The molecule has 0 spiro atoms. The number of phenols is 1. The SMILES string of the molecule is C#Cc1cc(O)cc(Nc2ccnc3cc4cc(C)sc4cc23)c1. The van der Waals surface area contributed by atoms with Crippen LogP contribution in [0.5, 0.6) is 5.75 Å². The Morgan fingerprint density at radius 2 is 2.04 bits per heavy atom. The van der Waals surface area contributed by atoms with Gasteiger partial charge in [-0.25, -0.2) is 0 Å². The van der Waals surface area contributed by atoms with Crippen molar-refractivity contribution in [2.24, 2.45) is 0 Å². The van der Waals surface area contributed by atoms with Gasteiger partial charge in [-0.05, 0) is 48.7 Å². The number of nitrogens with zero attached hydrogens (tertiary/aromatic N) is 1. The minimum absolute atomic E-state index is 0.141. The first-order chi connectivity index (χ1) is 11.6. The van der Waals surface area contributed by atoms with E-state index in [1.165, 1.54) is 15.0 Å². The third-order valence-corrected chi connectivity index (χ3v) is 4.88. The summed E-state index contributed by atoms with van der Waals surface area (Å²) in [6.07, 6.45) is 7.22. The van der Waals surface area contributed by atoms with E-state index in [1.807, 2.05) is 12.1 Å². The molecular weight excluding hydrogens is 316 g/mol. The summed E-state index contributed by atoms with van der Waals surface area (Å²) >= 11 is 1.77. The smallest absolute Gasteiger partial charge is 0.118 e. The van der Waals surface area contributed by atoms with Crippen molar-refractivity contribution in [2.75, 3.05) is 5.32 Å². The lowest BCUT2D eigenvalue weighted by Gasteiger charge is -2.10. The van der Waals surface area contributed by atoms with Gasteiger partial charge in [0.1, 0.15) is 5.75 Å². The fourth-order valence-corrected chi connectivity index (χ4v) is 3.79. The standard InChI is InChI=1S/C20H14N2OS/c1-3-13-7-15(10-16(23)8-13)22-18-4-5-21-19-9-14-6-12(2)24-20(14)11-17(18)19/h1,4-11,23H,2H3,(H,21,22). The molecule has 0 atom stereocenters. The lowest BCUT2D eigenvalue weighted by atomic mass is 10.1. The van der Waals surface area contributed by atoms with Crippen LogP contribution in [0.2, 0.25) is 0 Å². The molecule has 24 heavy (non-hydrogen) atoms. The Morgan fingerprint density at radius 1 is 1.17 bits per heavy atom. The molecule has 0 saturated carbocycles. The number of aryl methyl sites for hydroxylation is 1. The summed E-state index contributed by atoms with van der Waals surface area (Å²) < 4.78 is 1.23. The zero-order valence-electron chi connectivity index (χ0n) is 13.0. The Bertz CT molecular complexity index is 1120. The first-order valence-electron chi connectivity index (χ1n) is 7.49. The molecule has 2 heterocycles. The van der Waals surface area contributed by atoms with Gasteiger partial charge in [-0.1, -0.05) is 5.92 Å². The number of aromatic nitrogens is 1. The first-order valence-corrected chi connectivity index (χ1v) is 8.30. The second-order valence-corrected chi connectivity index (χ2v) is 6.95. The lowest BCUT2D eigenvalue weighted by Crippen LogP contribution is -1.93. The number of anilines is 2. The van der Waals surface area contributed by atoms with Crippen LogP contribution in [0.1, 0.15) is 10.4 Å². The quantitative estimate of drug-likeness (QED) is 0.497. The van der Waals surface area contributed by atoms with Crippen LogP contribution < -0.4 is 5.32 Å². The summed E-state index contributed by atoms with van der Waals surface area (Å²) in [5.74, 6) is 2.69. The molecule has 0 aliphatic rings. The Hall–Kier alpha value is -3.03. The Kier molecular flexibility index (Phi) is 3.37. The molecule has 0 fully saturated rings.